The summed E-state index contributed by atoms with van der Waals surface area (Å²) in [5.74, 6) is 1.51. The largest absolute Gasteiger partial charge is 0.337 e. The number of anilines is 1. The lowest BCUT2D eigenvalue weighted by atomic mass is 10.2. The Balaban J connectivity index is 1.72. The van der Waals surface area contributed by atoms with Gasteiger partial charge in [-0.15, -0.1) is 0 Å². The number of amides is 2. The first kappa shape index (κ1) is 16.7. The van der Waals surface area contributed by atoms with Crippen molar-refractivity contribution in [2.75, 3.05) is 5.32 Å². The molecular weight excluding hydrogens is 320 g/mol. The maximum atomic E-state index is 12.2. The minimum absolute atomic E-state index is 0.103. The fourth-order valence-corrected chi connectivity index (χ4v) is 2.36. The van der Waals surface area contributed by atoms with Crippen LogP contribution in [-0.4, -0.2) is 26.0 Å². The van der Waals surface area contributed by atoms with Gasteiger partial charge in [-0.2, -0.15) is 10.1 Å². The third kappa shape index (κ3) is 4.03. The third-order valence-electron chi connectivity index (χ3n) is 3.51. The first-order valence-corrected chi connectivity index (χ1v) is 8.02. The molecule has 3 rings (SSSR count). The van der Waals surface area contributed by atoms with E-state index in [2.05, 4.69) is 25.9 Å². The molecule has 2 amide bonds. The van der Waals surface area contributed by atoms with E-state index in [0.29, 0.717) is 17.5 Å². The molecule has 8 heteroatoms. The quantitative estimate of drug-likeness (QED) is 0.743. The van der Waals surface area contributed by atoms with Crippen molar-refractivity contribution in [3.05, 3.63) is 48.1 Å². The van der Waals surface area contributed by atoms with Crippen molar-refractivity contribution < 1.29 is 9.32 Å². The Morgan fingerprint density at radius 1 is 1.28 bits per heavy atom. The van der Waals surface area contributed by atoms with Crippen molar-refractivity contribution in [3.63, 3.8) is 0 Å². The second-order valence-corrected chi connectivity index (χ2v) is 5.86. The highest BCUT2D eigenvalue weighted by molar-refractivity contribution is 5.89. The van der Waals surface area contributed by atoms with E-state index in [4.69, 9.17) is 4.52 Å². The summed E-state index contributed by atoms with van der Waals surface area (Å²) in [6, 6.07) is 11.4. The summed E-state index contributed by atoms with van der Waals surface area (Å²) in [4.78, 5) is 16.2. The SMILES string of the molecule is Cc1noc(CNC(=O)Nc2cc(-c3ccccc3)nn2C(C)C)n1. The van der Waals surface area contributed by atoms with E-state index in [0.717, 1.165) is 11.3 Å². The molecular formula is C17H20N6O2. The highest BCUT2D eigenvalue weighted by atomic mass is 16.5. The van der Waals surface area contributed by atoms with E-state index in [-0.39, 0.29) is 18.6 Å². The van der Waals surface area contributed by atoms with E-state index in [1.54, 1.807) is 11.6 Å². The molecule has 0 aliphatic rings. The average Bonchev–Trinajstić information content (AvgIpc) is 3.20. The topological polar surface area (TPSA) is 97.9 Å². The Morgan fingerprint density at radius 3 is 2.68 bits per heavy atom. The molecule has 2 N–H and O–H groups in total. The van der Waals surface area contributed by atoms with Gasteiger partial charge in [-0.05, 0) is 20.8 Å². The molecule has 0 aliphatic heterocycles. The van der Waals surface area contributed by atoms with Gasteiger partial charge < -0.3 is 9.84 Å². The van der Waals surface area contributed by atoms with Gasteiger partial charge in [0, 0.05) is 17.7 Å². The summed E-state index contributed by atoms with van der Waals surface area (Å²) >= 11 is 0. The van der Waals surface area contributed by atoms with Gasteiger partial charge in [-0.1, -0.05) is 35.5 Å². The number of carbonyl (C=O) groups excluding carboxylic acids is 1. The van der Waals surface area contributed by atoms with Gasteiger partial charge in [0.1, 0.15) is 5.82 Å². The molecule has 0 unspecified atom stereocenters. The minimum atomic E-state index is -0.364. The lowest BCUT2D eigenvalue weighted by Crippen LogP contribution is -2.29. The molecule has 0 saturated heterocycles. The summed E-state index contributed by atoms with van der Waals surface area (Å²) in [6.45, 7) is 5.89. The van der Waals surface area contributed by atoms with Gasteiger partial charge in [0.15, 0.2) is 5.82 Å². The average molecular weight is 340 g/mol. The van der Waals surface area contributed by atoms with Gasteiger partial charge in [0.2, 0.25) is 5.89 Å². The van der Waals surface area contributed by atoms with Crippen LogP contribution >= 0.6 is 0 Å². The van der Waals surface area contributed by atoms with Gasteiger partial charge in [-0.25, -0.2) is 9.48 Å². The number of aryl methyl sites for hydroxylation is 1. The maximum absolute atomic E-state index is 12.2. The fourth-order valence-electron chi connectivity index (χ4n) is 2.36. The number of carbonyl (C=O) groups is 1. The van der Waals surface area contributed by atoms with E-state index in [1.165, 1.54) is 0 Å². The Labute approximate surface area is 145 Å². The van der Waals surface area contributed by atoms with Crippen LogP contribution in [0.5, 0.6) is 0 Å². The molecule has 0 fully saturated rings. The van der Waals surface area contributed by atoms with Crippen LogP contribution in [0.25, 0.3) is 11.3 Å². The van der Waals surface area contributed by atoms with Crippen LogP contribution in [0, 0.1) is 6.92 Å². The number of rotatable bonds is 5. The molecule has 130 valence electrons. The molecule has 0 spiro atoms. The van der Waals surface area contributed by atoms with E-state index < -0.39 is 0 Å². The monoisotopic (exact) mass is 340 g/mol. The molecule has 1 aromatic carbocycles. The van der Waals surface area contributed by atoms with Gasteiger partial charge >= 0.3 is 6.03 Å². The van der Waals surface area contributed by atoms with E-state index >= 15 is 0 Å². The Morgan fingerprint density at radius 2 is 2.04 bits per heavy atom. The number of nitrogens with one attached hydrogen (secondary N) is 2. The summed E-state index contributed by atoms with van der Waals surface area (Å²) in [5, 5.41) is 13.8. The highest BCUT2D eigenvalue weighted by Crippen LogP contribution is 2.24. The van der Waals surface area contributed by atoms with Crippen LogP contribution in [0.3, 0.4) is 0 Å². The number of benzene rings is 1. The lowest BCUT2D eigenvalue weighted by molar-refractivity contribution is 0.249. The predicted molar refractivity (Wildman–Crippen MR) is 92.9 cm³/mol. The predicted octanol–water partition coefficient (Wildman–Crippen LogP) is 3.14. The summed E-state index contributed by atoms with van der Waals surface area (Å²) in [6.07, 6.45) is 0. The van der Waals surface area contributed by atoms with Crippen LogP contribution in [0.4, 0.5) is 10.6 Å². The normalized spacial score (nSPS) is 10.9. The smallest absolute Gasteiger partial charge is 0.320 e. The van der Waals surface area contributed by atoms with Gasteiger partial charge in [-0.3, -0.25) is 5.32 Å². The van der Waals surface area contributed by atoms with Crippen molar-refractivity contribution in [1.82, 2.24) is 25.2 Å². The molecule has 0 saturated carbocycles. The van der Waals surface area contributed by atoms with Crippen molar-refractivity contribution >= 4 is 11.8 Å². The summed E-state index contributed by atoms with van der Waals surface area (Å²) < 4.78 is 6.74. The molecule has 0 atom stereocenters. The fraction of sp³-hybridized carbons (Fsp3) is 0.294. The number of nitrogens with zero attached hydrogens (tertiary/aromatic N) is 4. The molecule has 2 heterocycles. The van der Waals surface area contributed by atoms with Crippen molar-refractivity contribution in [1.29, 1.82) is 0 Å². The Hall–Kier alpha value is -3.16. The van der Waals surface area contributed by atoms with Crippen molar-refractivity contribution in [3.8, 4) is 11.3 Å². The second-order valence-electron chi connectivity index (χ2n) is 5.86. The highest BCUT2D eigenvalue weighted by Gasteiger charge is 2.14. The molecule has 0 aliphatic carbocycles. The zero-order chi connectivity index (χ0) is 17.8. The molecule has 0 bridgehead atoms. The number of hydrogen-bond acceptors (Lipinski definition) is 5. The van der Waals surface area contributed by atoms with Gasteiger partial charge in [0.25, 0.3) is 0 Å². The third-order valence-corrected chi connectivity index (χ3v) is 3.51. The van der Waals surface area contributed by atoms with E-state index in [1.807, 2.05) is 50.2 Å². The molecule has 2 aromatic heterocycles. The Kier molecular flexibility index (Phi) is 4.78. The Bertz CT molecular complexity index is 853. The van der Waals surface area contributed by atoms with Crippen molar-refractivity contribution in [2.24, 2.45) is 0 Å². The van der Waals surface area contributed by atoms with Crippen molar-refractivity contribution in [2.45, 2.75) is 33.4 Å². The second kappa shape index (κ2) is 7.16. The number of hydrogen-bond donors (Lipinski definition) is 2. The number of urea groups is 1. The zero-order valence-electron chi connectivity index (χ0n) is 14.4. The maximum Gasteiger partial charge on any atom is 0.320 e. The van der Waals surface area contributed by atoms with Gasteiger partial charge in [0.05, 0.1) is 12.2 Å². The summed E-state index contributed by atoms with van der Waals surface area (Å²) in [7, 11) is 0. The van der Waals surface area contributed by atoms with Crippen LogP contribution in [0.2, 0.25) is 0 Å². The standard InChI is InChI=1S/C17H20N6O2/c1-11(2)23-15(9-14(21-23)13-7-5-4-6-8-13)20-17(24)18-10-16-19-12(3)22-25-16/h4-9,11H,10H2,1-3H3,(H2,18,20,24). The molecule has 0 radical (unpaired) electrons. The molecule has 8 nitrogen and oxygen atoms in total. The van der Waals surface area contributed by atoms with Crippen LogP contribution in [0.15, 0.2) is 40.9 Å². The molecule has 3 aromatic rings. The lowest BCUT2D eigenvalue weighted by Gasteiger charge is -2.11. The number of aromatic nitrogens is 4. The van der Waals surface area contributed by atoms with Crippen LogP contribution in [0.1, 0.15) is 31.6 Å². The van der Waals surface area contributed by atoms with E-state index in [9.17, 15) is 4.79 Å². The van der Waals surface area contributed by atoms with Crippen LogP contribution in [-0.2, 0) is 6.54 Å². The zero-order valence-corrected chi connectivity index (χ0v) is 14.4. The minimum Gasteiger partial charge on any atom is -0.337 e. The molecule has 25 heavy (non-hydrogen) atoms. The first-order valence-electron chi connectivity index (χ1n) is 8.02. The first-order chi connectivity index (χ1) is 12.0. The summed E-state index contributed by atoms with van der Waals surface area (Å²) in [5.41, 5.74) is 1.80. The van der Waals surface area contributed by atoms with Crippen LogP contribution < -0.4 is 10.6 Å².